The second-order valence-corrected chi connectivity index (χ2v) is 6.14. The van der Waals surface area contributed by atoms with Crippen LogP contribution in [-0.2, 0) is 10.3 Å². The topological polar surface area (TPSA) is 38.3 Å². The molecule has 18 heavy (non-hydrogen) atoms. The van der Waals surface area contributed by atoms with Crippen molar-refractivity contribution in [3.63, 3.8) is 0 Å². The number of hydrogen-bond donors (Lipinski definition) is 1. The van der Waals surface area contributed by atoms with Gasteiger partial charge >= 0.3 is 6.09 Å². The van der Waals surface area contributed by atoms with Gasteiger partial charge in [0.1, 0.15) is 5.60 Å². The molecule has 4 heteroatoms. The molecule has 0 spiro atoms. The van der Waals surface area contributed by atoms with Crippen LogP contribution in [0.3, 0.4) is 0 Å². The molecule has 1 rings (SSSR count). The SMILES string of the molecule is CC(C)(C)OC(=O)NC(C)(C)c1ccccc1Cl. The van der Waals surface area contributed by atoms with E-state index < -0.39 is 17.2 Å². The van der Waals surface area contributed by atoms with E-state index in [1.54, 1.807) is 6.07 Å². The van der Waals surface area contributed by atoms with Gasteiger partial charge in [0.2, 0.25) is 0 Å². The number of carbonyl (C=O) groups is 1. The van der Waals surface area contributed by atoms with Gasteiger partial charge in [0.05, 0.1) is 5.54 Å². The van der Waals surface area contributed by atoms with Crippen LogP contribution in [0.25, 0.3) is 0 Å². The third-order valence-corrected chi connectivity index (χ3v) is 2.69. The lowest BCUT2D eigenvalue weighted by atomic mass is 9.94. The molecule has 1 N–H and O–H groups in total. The molecular weight excluding hydrogens is 250 g/mol. The maximum atomic E-state index is 11.8. The molecule has 0 saturated heterocycles. The van der Waals surface area contributed by atoms with Crippen LogP contribution in [0, 0.1) is 0 Å². The zero-order valence-corrected chi connectivity index (χ0v) is 12.3. The summed E-state index contributed by atoms with van der Waals surface area (Å²) in [4.78, 5) is 11.8. The van der Waals surface area contributed by atoms with Crippen LogP contribution in [0.15, 0.2) is 24.3 Å². The average molecular weight is 270 g/mol. The standard InChI is InChI=1S/C14H20ClNO2/c1-13(2,3)18-12(17)16-14(4,5)10-8-6-7-9-11(10)15/h6-9H,1-5H3,(H,16,17). The Morgan fingerprint density at radius 3 is 2.22 bits per heavy atom. The van der Waals surface area contributed by atoms with E-state index in [9.17, 15) is 4.79 Å². The monoisotopic (exact) mass is 269 g/mol. The highest BCUT2D eigenvalue weighted by atomic mass is 35.5. The van der Waals surface area contributed by atoms with Gasteiger partial charge in [-0.05, 0) is 46.2 Å². The Morgan fingerprint density at radius 1 is 1.17 bits per heavy atom. The molecule has 0 unspecified atom stereocenters. The lowest BCUT2D eigenvalue weighted by Gasteiger charge is -2.29. The van der Waals surface area contributed by atoms with Gasteiger partial charge in [-0.15, -0.1) is 0 Å². The summed E-state index contributed by atoms with van der Waals surface area (Å²) in [5.41, 5.74) is -0.237. The van der Waals surface area contributed by atoms with E-state index in [1.165, 1.54) is 0 Å². The van der Waals surface area contributed by atoms with E-state index in [0.717, 1.165) is 5.56 Å². The maximum Gasteiger partial charge on any atom is 0.408 e. The number of carbonyl (C=O) groups excluding carboxylic acids is 1. The van der Waals surface area contributed by atoms with Gasteiger partial charge in [0, 0.05) is 5.02 Å². The highest BCUT2D eigenvalue weighted by molar-refractivity contribution is 6.31. The minimum absolute atomic E-state index is 0.451. The van der Waals surface area contributed by atoms with E-state index in [4.69, 9.17) is 16.3 Å². The summed E-state index contributed by atoms with van der Waals surface area (Å²) in [5, 5.41) is 3.45. The minimum atomic E-state index is -0.583. The molecule has 0 heterocycles. The van der Waals surface area contributed by atoms with Crippen molar-refractivity contribution < 1.29 is 9.53 Å². The van der Waals surface area contributed by atoms with Crippen LogP contribution in [-0.4, -0.2) is 11.7 Å². The summed E-state index contributed by atoms with van der Waals surface area (Å²) < 4.78 is 5.24. The van der Waals surface area contributed by atoms with Crippen LogP contribution < -0.4 is 5.32 Å². The van der Waals surface area contributed by atoms with Gasteiger partial charge in [-0.2, -0.15) is 0 Å². The van der Waals surface area contributed by atoms with Crippen LogP contribution in [0.2, 0.25) is 5.02 Å². The number of alkyl carbamates (subject to hydrolysis) is 1. The normalized spacial score (nSPS) is 12.1. The molecule has 0 bridgehead atoms. The van der Waals surface area contributed by atoms with E-state index >= 15 is 0 Å². The number of hydrogen-bond acceptors (Lipinski definition) is 2. The molecule has 0 saturated carbocycles. The van der Waals surface area contributed by atoms with Gasteiger partial charge in [-0.3, -0.25) is 0 Å². The number of rotatable bonds is 2. The predicted octanol–water partition coefficient (Wildman–Crippen LogP) is 4.10. The average Bonchev–Trinajstić information content (AvgIpc) is 2.13. The Bertz CT molecular complexity index is 436. The largest absolute Gasteiger partial charge is 0.444 e. The molecule has 1 aromatic rings. The molecule has 100 valence electrons. The first-order chi connectivity index (χ1) is 8.12. The number of halogens is 1. The fourth-order valence-electron chi connectivity index (χ4n) is 1.59. The van der Waals surface area contributed by atoms with Crippen LogP contribution in [0.1, 0.15) is 40.2 Å². The molecule has 0 radical (unpaired) electrons. The summed E-state index contributed by atoms with van der Waals surface area (Å²) in [5.74, 6) is 0. The fraction of sp³-hybridized carbons (Fsp3) is 0.500. The Morgan fingerprint density at radius 2 is 1.72 bits per heavy atom. The second-order valence-electron chi connectivity index (χ2n) is 5.73. The zero-order chi connectivity index (χ0) is 14.0. The Labute approximate surface area is 113 Å². The zero-order valence-electron chi connectivity index (χ0n) is 11.5. The Kier molecular flexibility index (Phi) is 4.28. The fourth-order valence-corrected chi connectivity index (χ4v) is 1.97. The van der Waals surface area contributed by atoms with Crippen molar-refractivity contribution >= 4 is 17.7 Å². The molecular formula is C14H20ClNO2. The van der Waals surface area contributed by atoms with Crippen LogP contribution >= 0.6 is 11.6 Å². The Balaban J connectivity index is 2.83. The molecule has 1 aromatic carbocycles. The Hall–Kier alpha value is -1.22. The quantitative estimate of drug-likeness (QED) is 0.878. The predicted molar refractivity (Wildman–Crippen MR) is 73.8 cm³/mol. The molecule has 0 aliphatic heterocycles. The molecule has 0 aliphatic carbocycles. The van der Waals surface area contributed by atoms with Crippen molar-refractivity contribution in [3.8, 4) is 0 Å². The molecule has 0 atom stereocenters. The van der Waals surface area contributed by atoms with E-state index in [1.807, 2.05) is 52.8 Å². The summed E-state index contributed by atoms with van der Waals surface area (Å²) >= 11 is 6.13. The first-order valence-electron chi connectivity index (χ1n) is 5.88. The van der Waals surface area contributed by atoms with Gasteiger partial charge in [0.25, 0.3) is 0 Å². The van der Waals surface area contributed by atoms with Gasteiger partial charge in [-0.1, -0.05) is 29.8 Å². The van der Waals surface area contributed by atoms with Crippen LogP contribution in [0.5, 0.6) is 0 Å². The highest BCUT2D eigenvalue weighted by Gasteiger charge is 2.27. The molecule has 0 fully saturated rings. The van der Waals surface area contributed by atoms with Gasteiger partial charge in [0.15, 0.2) is 0 Å². The summed E-state index contributed by atoms with van der Waals surface area (Å²) in [6.07, 6.45) is -0.451. The van der Waals surface area contributed by atoms with Crippen molar-refractivity contribution in [2.45, 2.75) is 45.8 Å². The first kappa shape index (κ1) is 14.8. The number of nitrogens with one attached hydrogen (secondary N) is 1. The van der Waals surface area contributed by atoms with Crippen molar-refractivity contribution in [2.75, 3.05) is 0 Å². The first-order valence-corrected chi connectivity index (χ1v) is 6.26. The molecule has 0 aromatic heterocycles. The van der Waals surface area contributed by atoms with Crippen molar-refractivity contribution in [1.29, 1.82) is 0 Å². The van der Waals surface area contributed by atoms with E-state index in [-0.39, 0.29) is 0 Å². The third kappa shape index (κ3) is 4.22. The second kappa shape index (κ2) is 5.19. The van der Waals surface area contributed by atoms with Gasteiger partial charge < -0.3 is 10.1 Å². The van der Waals surface area contributed by atoms with E-state index in [2.05, 4.69) is 5.32 Å². The maximum absolute atomic E-state index is 11.8. The lowest BCUT2D eigenvalue weighted by molar-refractivity contribution is 0.0470. The smallest absolute Gasteiger partial charge is 0.408 e. The van der Waals surface area contributed by atoms with E-state index in [0.29, 0.717) is 5.02 Å². The summed E-state index contributed by atoms with van der Waals surface area (Å²) in [6, 6.07) is 7.43. The minimum Gasteiger partial charge on any atom is -0.444 e. The summed E-state index contributed by atoms with van der Waals surface area (Å²) in [7, 11) is 0. The van der Waals surface area contributed by atoms with Crippen molar-refractivity contribution in [1.82, 2.24) is 5.32 Å². The lowest BCUT2D eigenvalue weighted by Crippen LogP contribution is -2.43. The molecule has 1 amide bonds. The molecule has 3 nitrogen and oxygen atoms in total. The number of amides is 1. The molecule has 0 aliphatic rings. The number of benzene rings is 1. The highest BCUT2D eigenvalue weighted by Crippen LogP contribution is 2.27. The third-order valence-electron chi connectivity index (χ3n) is 2.36. The summed E-state index contributed by atoms with van der Waals surface area (Å²) in [6.45, 7) is 9.26. The van der Waals surface area contributed by atoms with Crippen LogP contribution in [0.4, 0.5) is 4.79 Å². The van der Waals surface area contributed by atoms with Crippen molar-refractivity contribution in [3.05, 3.63) is 34.9 Å². The van der Waals surface area contributed by atoms with Crippen molar-refractivity contribution in [2.24, 2.45) is 0 Å². The number of ether oxygens (including phenoxy) is 1. The van der Waals surface area contributed by atoms with Gasteiger partial charge in [-0.25, -0.2) is 4.79 Å².